The molecule has 1 aromatic rings. The minimum Gasteiger partial charge on any atom is -0.347 e. The number of halogens is 4. The molecular formula is C12H13F4NO. The highest BCUT2D eigenvalue weighted by Crippen LogP contribution is 2.32. The van der Waals surface area contributed by atoms with Gasteiger partial charge in [0.25, 0.3) is 5.91 Å². The summed E-state index contributed by atoms with van der Waals surface area (Å²) < 4.78 is 50.9. The molecule has 0 saturated heterocycles. The van der Waals surface area contributed by atoms with Gasteiger partial charge in [0.1, 0.15) is 5.82 Å². The van der Waals surface area contributed by atoms with Crippen molar-refractivity contribution in [2.45, 2.75) is 32.5 Å². The van der Waals surface area contributed by atoms with Crippen molar-refractivity contribution in [1.29, 1.82) is 0 Å². The van der Waals surface area contributed by atoms with Gasteiger partial charge in [0.15, 0.2) is 0 Å². The molecule has 0 atom stereocenters. The van der Waals surface area contributed by atoms with Crippen LogP contribution in [0.2, 0.25) is 0 Å². The second-order valence-electron chi connectivity index (χ2n) is 4.89. The molecule has 0 heterocycles. The van der Waals surface area contributed by atoms with E-state index in [1.54, 1.807) is 20.8 Å². The predicted octanol–water partition coefficient (Wildman–Crippen LogP) is 3.37. The molecule has 100 valence electrons. The second kappa shape index (κ2) is 4.59. The van der Waals surface area contributed by atoms with E-state index in [0.29, 0.717) is 6.07 Å². The summed E-state index contributed by atoms with van der Waals surface area (Å²) in [5.41, 5.74) is -2.53. The van der Waals surface area contributed by atoms with Crippen LogP contribution in [0.5, 0.6) is 0 Å². The summed E-state index contributed by atoms with van der Waals surface area (Å²) in [5.74, 6) is -1.91. The molecule has 6 heteroatoms. The molecule has 0 radical (unpaired) electrons. The van der Waals surface area contributed by atoms with E-state index < -0.39 is 34.6 Å². The van der Waals surface area contributed by atoms with Gasteiger partial charge in [-0.05, 0) is 39.0 Å². The standard InChI is InChI=1S/C12H13F4NO/c1-11(2,3)17-10(18)8-5-4-7(13)6-9(8)12(14,15)16/h4-6H,1-3H3,(H,17,18). The SMILES string of the molecule is CC(C)(C)NC(=O)c1ccc(F)cc1C(F)(F)F. The molecule has 0 fully saturated rings. The number of carbonyl (C=O) groups excluding carboxylic acids is 1. The van der Waals surface area contributed by atoms with E-state index in [0.717, 1.165) is 12.1 Å². The van der Waals surface area contributed by atoms with Crippen molar-refractivity contribution in [3.63, 3.8) is 0 Å². The number of hydrogen-bond acceptors (Lipinski definition) is 1. The van der Waals surface area contributed by atoms with E-state index in [2.05, 4.69) is 5.32 Å². The number of alkyl halides is 3. The third-order valence-corrected chi connectivity index (χ3v) is 2.02. The topological polar surface area (TPSA) is 29.1 Å². The summed E-state index contributed by atoms with van der Waals surface area (Å²) in [6.45, 7) is 4.92. The van der Waals surface area contributed by atoms with Crippen molar-refractivity contribution < 1.29 is 22.4 Å². The summed E-state index contributed by atoms with van der Waals surface area (Å²) in [6.07, 6.45) is -4.77. The van der Waals surface area contributed by atoms with Crippen LogP contribution in [0.4, 0.5) is 17.6 Å². The number of nitrogens with one attached hydrogen (secondary N) is 1. The maximum atomic E-state index is 12.8. The first-order valence-electron chi connectivity index (χ1n) is 5.20. The van der Waals surface area contributed by atoms with Gasteiger partial charge in [-0.3, -0.25) is 4.79 Å². The molecule has 0 bridgehead atoms. The molecule has 1 aromatic carbocycles. The fourth-order valence-electron chi connectivity index (χ4n) is 1.36. The van der Waals surface area contributed by atoms with Gasteiger partial charge in [0, 0.05) is 5.54 Å². The lowest BCUT2D eigenvalue weighted by Gasteiger charge is -2.22. The van der Waals surface area contributed by atoms with Crippen LogP contribution in [0.3, 0.4) is 0 Å². The molecule has 0 aliphatic carbocycles. The summed E-state index contributed by atoms with van der Waals surface area (Å²) >= 11 is 0. The number of rotatable bonds is 1. The fourth-order valence-corrected chi connectivity index (χ4v) is 1.36. The van der Waals surface area contributed by atoms with E-state index in [9.17, 15) is 22.4 Å². The van der Waals surface area contributed by atoms with Crippen molar-refractivity contribution >= 4 is 5.91 Å². The smallest absolute Gasteiger partial charge is 0.347 e. The molecular weight excluding hydrogens is 250 g/mol. The lowest BCUT2D eigenvalue weighted by atomic mass is 10.0. The molecule has 0 saturated carbocycles. The maximum Gasteiger partial charge on any atom is 0.417 e. The molecule has 2 nitrogen and oxygen atoms in total. The fraction of sp³-hybridized carbons (Fsp3) is 0.417. The van der Waals surface area contributed by atoms with E-state index in [-0.39, 0.29) is 0 Å². The van der Waals surface area contributed by atoms with E-state index in [1.165, 1.54) is 0 Å². The average Bonchev–Trinajstić information content (AvgIpc) is 2.13. The number of benzene rings is 1. The van der Waals surface area contributed by atoms with Crippen LogP contribution in [0.25, 0.3) is 0 Å². The van der Waals surface area contributed by atoms with Crippen molar-refractivity contribution in [3.05, 3.63) is 35.1 Å². The molecule has 0 aromatic heterocycles. The lowest BCUT2D eigenvalue weighted by molar-refractivity contribution is -0.138. The van der Waals surface area contributed by atoms with Crippen molar-refractivity contribution in [2.75, 3.05) is 0 Å². The third kappa shape index (κ3) is 3.72. The highest BCUT2D eigenvalue weighted by atomic mass is 19.4. The van der Waals surface area contributed by atoms with Gasteiger partial charge in [0.2, 0.25) is 0 Å². The van der Waals surface area contributed by atoms with Crippen LogP contribution in [-0.4, -0.2) is 11.4 Å². The molecule has 0 aliphatic heterocycles. The highest BCUT2D eigenvalue weighted by molar-refractivity contribution is 5.96. The number of hydrogen-bond donors (Lipinski definition) is 1. The summed E-state index contributed by atoms with van der Waals surface area (Å²) in [7, 11) is 0. The highest BCUT2D eigenvalue weighted by Gasteiger charge is 2.36. The first-order chi connectivity index (χ1) is 8.00. The zero-order chi connectivity index (χ0) is 14.1. The Hall–Kier alpha value is -1.59. The summed E-state index contributed by atoms with van der Waals surface area (Å²) in [5, 5.41) is 2.41. The zero-order valence-corrected chi connectivity index (χ0v) is 10.2. The Balaban J connectivity index is 3.21. The Morgan fingerprint density at radius 1 is 1.17 bits per heavy atom. The summed E-state index contributed by atoms with van der Waals surface area (Å²) in [6, 6.07) is 1.98. The van der Waals surface area contributed by atoms with Crippen LogP contribution in [-0.2, 0) is 6.18 Å². The second-order valence-corrected chi connectivity index (χ2v) is 4.89. The Bertz CT molecular complexity index is 460. The van der Waals surface area contributed by atoms with Gasteiger partial charge >= 0.3 is 6.18 Å². The minimum absolute atomic E-state index is 0.317. The number of amides is 1. The van der Waals surface area contributed by atoms with Crippen LogP contribution >= 0.6 is 0 Å². The van der Waals surface area contributed by atoms with Gasteiger partial charge in [-0.2, -0.15) is 13.2 Å². The van der Waals surface area contributed by atoms with Gasteiger partial charge in [0.05, 0.1) is 11.1 Å². The Morgan fingerprint density at radius 3 is 2.17 bits per heavy atom. The number of carbonyl (C=O) groups is 1. The maximum absolute atomic E-state index is 12.8. The van der Waals surface area contributed by atoms with Gasteiger partial charge in [-0.15, -0.1) is 0 Å². The van der Waals surface area contributed by atoms with Gasteiger partial charge in [-0.1, -0.05) is 0 Å². The molecule has 0 unspecified atom stereocenters. The van der Waals surface area contributed by atoms with E-state index in [4.69, 9.17) is 0 Å². The summed E-state index contributed by atoms with van der Waals surface area (Å²) in [4.78, 5) is 11.7. The Morgan fingerprint density at radius 2 is 1.72 bits per heavy atom. The molecule has 1 amide bonds. The van der Waals surface area contributed by atoms with Gasteiger partial charge in [-0.25, -0.2) is 4.39 Å². The average molecular weight is 263 g/mol. The molecule has 18 heavy (non-hydrogen) atoms. The van der Waals surface area contributed by atoms with Crippen molar-refractivity contribution in [1.82, 2.24) is 5.32 Å². The Labute approximate surface area is 102 Å². The minimum atomic E-state index is -4.77. The molecule has 1 rings (SSSR count). The molecule has 0 aliphatic rings. The first-order valence-corrected chi connectivity index (χ1v) is 5.20. The van der Waals surface area contributed by atoms with E-state index in [1.807, 2.05) is 0 Å². The Kier molecular flexibility index (Phi) is 3.69. The van der Waals surface area contributed by atoms with Crippen LogP contribution in [0, 0.1) is 5.82 Å². The van der Waals surface area contributed by atoms with Gasteiger partial charge < -0.3 is 5.32 Å². The zero-order valence-electron chi connectivity index (χ0n) is 10.2. The van der Waals surface area contributed by atoms with Crippen molar-refractivity contribution in [3.8, 4) is 0 Å². The largest absolute Gasteiger partial charge is 0.417 e. The molecule has 0 spiro atoms. The normalized spacial score (nSPS) is 12.4. The quantitative estimate of drug-likeness (QED) is 0.773. The molecule has 1 N–H and O–H groups in total. The first kappa shape index (κ1) is 14.5. The monoisotopic (exact) mass is 263 g/mol. The lowest BCUT2D eigenvalue weighted by Crippen LogP contribution is -2.41. The third-order valence-electron chi connectivity index (χ3n) is 2.02. The van der Waals surface area contributed by atoms with Crippen LogP contribution in [0.15, 0.2) is 18.2 Å². The van der Waals surface area contributed by atoms with Crippen molar-refractivity contribution in [2.24, 2.45) is 0 Å². The van der Waals surface area contributed by atoms with Crippen LogP contribution < -0.4 is 5.32 Å². The van der Waals surface area contributed by atoms with Crippen LogP contribution in [0.1, 0.15) is 36.7 Å². The predicted molar refractivity (Wildman–Crippen MR) is 58.6 cm³/mol. The van der Waals surface area contributed by atoms with E-state index >= 15 is 0 Å².